The molecule has 0 amide bonds. The summed E-state index contributed by atoms with van der Waals surface area (Å²) in [5, 5.41) is 3.67. The number of alkyl halides is 3. The van der Waals surface area contributed by atoms with Crippen LogP contribution in [0.5, 0.6) is 5.75 Å². The van der Waals surface area contributed by atoms with Crippen molar-refractivity contribution in [2.24, 2.45) is 0 Å². The third-order valence-electron chi connectivity index (χ3n) is 6.72. The zero-order valence-corrected chi connectivity index (χ0v) is 18.6. The molecule has 174 valence electrons. The van der Waals surface area contributed by atoms with Crippen molar-refractivity contribution in [1.82, 2.24) is 10.3 Å². The molecule has 1 aliphatic heterocycles. The predicted molar refractivity (Wildman–Crippen MR) is 117 cm³/mol. The van der Waals surface area contributed by atoms with E-state index in [1.165, 1.54) is 31.0 Å². The summed E-state index contributed by atoms with van der Waals surface area (Å²) in [5.74, 6) is -0.232. The lowest BCUT2D eigenvalue weighted by atomic mass is 9.68. The number of nitrogens with one attached hydrogen (secondary N) is 1. The van der Waals surface area contributed by atoms with Crippen LogP contribution >= 0.6 is 11.6 Å². The van der Waals surface area contributed by atoms with Gasteiger partial charge in [-0.05, 0) is 69.0 Å². The number of nitrogens with zero attached hydrogens (tertiary/aromatic N) is 1. The molecule has 2 fully saturated rings. The van der Waals surface area contributed by atoms with E-state index in [-0.39, 0.29) is 23.3 Å². The summed E-state index contributed by atoms with van der Waals surface area (Å²) < 4.78 is 48.7. The Kier molecular flexibility index (Phi) is 6.98. The molecular weight excluding hydrogens is 441 g/mol. The summed E-state index contributed by atoms with van der Waals surface area (Å²) in [7, 11) is 0. The Labute approximate surface area is 191 Å². The van der Waals surface area contributed by atoms with Crippen molar-refractivity contribution < 1.29 is 22.6 Å². The molecule has 1 unspecified atom stereocenters. The maximum atomic E-state index is 12.7. The Balaban J connectivity index is 1.46. The standard InChI is InChI=1S/C24H28ClF3N2O2/c25-19-6-7-20(32-24(26,27)28)18(15-19)16-29-13-10-22(21-5-1-4-12-30-21)11-14-31-23(17-22)8-2-3-9-23/h1,4-7,12,15,29H,2-3,8-11,13-14,16-17H2. The number of pyridine rings is 1. The second-order valence-corrected chi connectivity index (χ2v) is 9.32. The molecule has 2 heterocycles. The molecule has 0 bridgehead atoms. The molecule has 0 radical (unpaired) electrons. The Hall–Kier alpha value is -1.83. The average Bonchev–Trinajstić information content (AvgIpc) is 3.20. The molecule has 1 saturated heterocycles. The maximum Gasteiger partial charge on any atom is 0.573 e. The molecule has 8 heteroatoms. The van der Waals surface area contributed by atoms with Crippen LogP contribution in [0, 0.1) is 0 Å². The third-order valence-corrected chi connectivity index (χ3v) is 6.95. The summed E-state index contributed by atoms with van der Waals surface area (Å²) in [6.07, 6.45) is 4.25. The number of ether oxygens (including phenoxy) is 2. The molecule has 1 spiro atoms. The van der Waals surface area contributed by atoms with E-state index in [0.29, 0.717) is 23.7 Å². The van der Waals surface area contributed by atoms with Gasteiger partial charge in [0, 0.05) is 41.0 Å². The molecule has 1 aliphatic carbocycles. The van der Waals surface area contributed by atoms with Crippen LogP contribution in [0.3, 0.4) is 0 Å². The van der Waals surface area contributed by atoms with Crippen molar-refractivity contribution in [3.8, 4) is 5.75 Å². The van der Waals surface area contributed by atoms with Gasteiger partial charge in [0.2, 0.25) is 0 Å². The molecule has 2 aliphatic rings. The maximum absolute atomic E-state index is 12.7. The van der Waals surface area contributed by atoms with E-state index >= 15 is 0 Å². The Bertz CT molecular complexity index is 904. The smallest absolute Gasteiger partial charge is 0.405 e. The van der Waals surface area contributed by atoms with E-state index in [2.05, 4.69) is 21.1 Å². The van der Waals surface area contributed by atoms with E-state index in [0.717, 1.165) is 37.8 Å². The number of rotatable bonds is 7. The molecule has 4 nitrogen and oxygen atoms in total. The number of hydrogen-bond donors (Lipinski definition) is 1. The number of benzene rings is 1. The van der Waals surface area contributed by atoms with Gasteiger partial charge in [0.1, 0.15) is 5.75 Å². The lowest BCUT2D eigenvalue weighted by molar-refractivity contribution is -0.274. The lowest BCUT2D eigenvalue weighted by Crippen LogP contribution is -2.47. The van der Waals surface area contributed by atoms with Crippen molar-refractivity contribution in [2.45, 2.75) is 68.9 Å². The first-order valence-corrected chi connectivity index (χ1v) is 11.5. The van der Waals surface area contributed by atoms with E-state index in [1.54, 1.807) is 0 Å². The second-order valence-electron chi connectivity index (χ2n) is 8.89. The molecule has 1 N–H and O–H groups in total. The van der Waals surface area contributed by atoms with E-state index in [9.17, 15) is 13.2 Å². The van der Waals surface area contributed by atoms with Crippen molar-refractivity contribution in [3.63, 3.8) is 0 Å². The van der Waals surface area contributed by atoms with Crippen LogP contribution in [-0.4, -0.2) is 30.1 Å². The van der Waals surface area contributed by atoms with Crippen LogP contribution in [0.15, 0.2) is 42.6 Å². The first-order valence-electron chi connectivity index (χ1n) is 11.1. The number of aromatic nitrogens is 1. The Morgan fingerprint density at radius 3 is 2.66 bits per heavy atom. The molecule has 1 aromatic carbocycles. The SMILES string of the molecule is FC(F)(F)Oc1ccc(Cl)cc1CNCCC1(c2ccccn2)CCOC2(CCCC2)C1. The van der Waals surface area contributed by atoms with Gasteiger partial charge >= 0.3 is 6.36 Å². The van der Waals surface area contributed by atoms with Gasteiger partial charge in [-0.3, -0.25) is 4.98 Å². The molecular formula is C24H28ClF3N2O2. The van der Waals surface area contributed by atoms with Crippen molar-refractivity contribution in [1.29, 1.82) is 0 Å². The molecule has 1 atom stereocenters. The summed E-state index contributed by atoms with van der Waals surface area (Å²) >= 11 is 6.01. The fourth-order valence-corrected chi connectivity index (χ4v) is 5.45. The summed E-state index contributed by atoms with van der Waals surface area (Å²) in [6.45, 7) is 1.56. The fourth-order valence-electron chi connectivity index (χ4n) is 5.26. The topological polar surface area (TPSA) is 43.4 Å². The first-order chi connectivity index (χ1) is 15.3. The highest BCUT2D eigenvalue weighted by atomic mass is 35.5. The average molecular weight is 469 g/mol. The molecule has 4 rings (SSSR count). The van der Waals surface area contributed by atoms with Gasteiger partial charge in [0.25, 0.3) is 0 Å². The van der Waals surface area contributed by atoms with Gasteiger partial charge in [-0.1, -0.05) is 30.5 Å². The summed E-state index contributed by atoms with van der Waals surface area (Å²) in [5.41, 5.74) is 1.26. The van der Waals surface area contributed by atoms with Crippen molar-refractivity contribution >= 4 is 11.6 Å². The Morgan fingerprint density at radius 2 is 1.94 bits per heavy atom. The largest absolute Gasteiger partial charge is 0.573 e. The van der Waals surface area contributed by atoms with Crippen LogP contribution in [0.2, 0.25) is 5.02 Å². The van der Waals surface area contributed by atoms with Crippen LogP contribution < -0.4 is 10.1 Å². The zero-order valence-electron chi connectivity index (χ0n) is 17.9. The second kappa shape index (κ2) is 9.57. The van der Waals surface area contributed by atoms with Crippen LogP contribution in [-0.2, 0) is 16.7 Å². The minimum absolute atomic E-state index is 0.0730. The van der Waals surface area contributed by atoms with E-state index in [4.69, 9.17) is 16.3 Å². The minimum Gasteiger partial charge on any atom is -0.405 e. The van der Waals surface area contributed by atoms with Crippen molar-refractivity contribution in [3.05, 3.63) is 58.9 Å². The van der Waals surface area contributed by atoms with Gasteiger partial charge in [0.05, 0.1) is 5.60 Å². The minimum atomic E-state index is -4.75. The van der Waals surface area contributed by atoms with Gasteiger partial charge in [-0.2, -0.15) is 0 Å². The first kappa shape index (κ1) is 23.3. The van der Waals surface area contributed by atoms with Crippen LogP contribution in [0.1, 0.15) is 56.2 Å². The zero-order chi connectivity index (χ0) is 22.7. The van der Waals surface area contributed by atoms with E-state index < -0.39 is 6.36 Å². The normalized spacial score (nSPS) is 22.9. The molecule has 1 aromatic heterocycles. The van der Waals surface area contributed by atoms with Gasteiger partial charge in [0.15, 0.2) is 0 Å². The lowest BCUT2D eigenvalue weighted by Gasteiger charge is -2.46. The van der Waals surface area contributed by atoms with Gasteiger partial charge in [-0.25, -0.2) is 0 Å². The highest BCUT2D eigenvalue weighted by Crippen LogP contribution is 2.49. The van der Waals surface area contributed by atoms with Gasteiger partial charge in [-0.15, -0.1) is 13.2 Å². The van der Waals surface area contributed by atoms with Crippen LogP contribution in [0.4, 0.5) is 13.2 Å². The van der Waals surface area contributed by atoms with E-state index in [1.807, 2.05) is 18.3 Å². The van der Waals surface area contributed by atoms with Gasteiger partial charge < -0.3 is 14.8 Å². The number of halogens is 4. The third kappa shape index (κ3) is 5.56. The fraction of sp³-hybridized carbons (Fsp3) is 0.542. The van der Waals surface area contributed by atoms with Crippen LogP contribution in [0.25, 0.3) is 0 Å². The monoisotopic (exact) mass is 468 g/mol. The molecule has 2 aromatic rings. The highest BCUT2D eigenvalue weighted by Gasteiger charge is 2.48. The molecule has 1 saturated carbocycles. The molecule has 32 heavy (non-hydrogen) atoms. The predicted octanol–water partition coefficient (Wildman–Crippen LogP) is 6.17. The number of hydrogen-bond acceptors (Lipinski definition) is 4. The quantitative estimate of drug-likeness (QED) is 0.493. The summed E-state index contributed by atoms with van der Waals surface area (Å²) in [4.78, 5) is 4.69. The van der Waals surface area contributed by atoms with Crippen molar-refractivity contribution in [2.75, 3.05) is 13.2 Å². The summed E-state index contributed by atoms with van der Waals surface area (Å²) in [6, 6.07) is 10.2. The highest BCUT2D eigenvalue weighted by molar-refractivity contribution is 6.30. The Morgan fingerprint density at radius 1 is 1.12 bits per heavy atom.